The number of aromatic nitrogens is 2. The molecule has 1 rings (SSSR count). The Balaban J connectivity index is 2.63. The summed E-state index contributed by atoms with van der Waals surface area (Å²) in [5.74, 6) is 0.0297. The Kier molecular flexibility index (Phi) is 5.34. The predicted octanol–water partition coefficient (Wildman–Crippen LogP) is 1.27. The fourth-order valence-electron chi connectivity index (χ4n) is 2.01. The summed E-state index contributed by atoms with van der Waals surface area (Å²) in [6.07, 6.45) is 2.66. The van der Waals surface area contributed by atoms with Gasteiger partial charge in [0.05, 0.1) is 11.3 Å². The zero-order valence-electron chi connectivity index (χ0n) is 11.7. The maximum absolute atomic E-state index is 12.3. The van der Waals surface area contributed by atoms with E-state index in [1.165, 1.54) is 0 Å². The lowest BCUT2D eigenvalue weighted by molar-refractivity contribution is 0.0790. The number of aryl methyl sites for hydroxylation is 2. The molecule has 0 radical (unpaired) electrons. The highest BCUT2D eigenvalue weighted by Gasteiger charge is 2.20. The van der Waals surface area contributed by atoms with Crippen LogP contribution >= 0.6 is 0 Å². The third-order valence-electron chi connectivity index (χ3n) is 3.22. The molecule has 0 atom stereocenters. The summed E-state index contributed by atoms with van der Waals surface area (Å²) in [6, 6.07) is 0. The normalized spacial score (nSPS) is 10.7. The maximum atomic E-state index is 12.3. The van der Waals surface area contributed by atoms with E-state index >= 15 is 0 Å². The number of carbonyl (C=O) groups is 1. The van der Waals surface area contributed by atoms with E-state index in [1.54, 1.807) is 9.58 Å². The molecule has 18 heavy (non-hydrogen) atoms. The molecule has 0 fully saturated rings. The molecule has 1 amide bonds. The minimum Gasteiger partial charge on any atom is -0.396 e. The fourth-order valence-corrected chi connectivity index (χ4v) is 2.01. The SMILES string of the molecule is Cc1nn(C)c(C)c1C(=O)N(C)CCCCCO. The van der Waals surface area contributed by atoms with Crippen molar-refractivity contribution in [1.29, 1.82) is 0 Å². The van der Waals surface area contributed by atoms with E-state index in [0.29, 0.717) is 12.1 Å². The molecule has 0 aliphatic heterocycles. The fraction of sp³-hybridized carbons (Fsp3) is 0.692. The highest BCUT2D eigenvalue weighted by atomic mass is 16.2. The number of hydrogen-bond acceptors (Lipinski definition) is 3. The molecule has 102 valence electrons. The largest absolute Gasteiger partial charge is 0.396 e. The first kappa shape index (κ1) is 14.7. The summed E-state index contributed by atoms with van der Waals surface area (Å²) in [7, 11) is 3.66. The number of aliphatic hydroxyl groups is 1. The Morgan fingerprint density at radius 3 is 2.50 bits per heavy atom. The zero-order chi connectivity index (χ0) is 13.7. The quantitative estimate of drug-likeness (QED) is 0.777. The van der Waals surface area contributed by atoms with Gasteiger partial charge in [0.25, 0.3) is 5.91 Å². The van der Waals surface area contributed by atoms with E-state index in [1.807, 2.05) is 27.9 Å². The molecule has 0 aliphatic rings. The van der Waals surface area contributed by atoms with Gasteiger partial charge in [-0.1, -0.05) is 0 Å². The average Bonchev–Trinajstić information content (AvgIpc) is 2.58. The van der Waals surface area contributed by atoms with Crippen molar-refractivity contribution in [2.75, 3.05) is 20.2 Å². The van der Waals surface area contributed by atoms with Crippen LogP contribution in [-0.4, -0.2) is 45.9 Å². The molecule has 0 spiro atoms. The first-order valence-corrected chi connectivity index (χ1v) is 6.35. The first-order chi connectivity index (χ1) is 8.49. The highest BCUT2D eigenvalue weighted by Crippen LogP contribution is 2.14. The number of nitrogens with zero attached hydrogens (tertiary/aromatic N) is 3. The van der Waals surface area contributed by atoms with E-state index < -0.39 is 0 Å². The van der Waals surface area contributed by atoms with Crippen molar-refractivity contribution in [1.82, 2.24) is 14.7 Å². The summed E-state index contributed by atoms with van der Waals surface area (Å²) in [5, 5.41) is 13.0. The topological polar surface area (TPSA) is 58.4 Å². The third kappa shape index (κ3) is 3.32. The third-order valence-corrected chi connectivity index (χ3v) is 3.22. The Morgan fingerprint density at radius 1 is 1.33 bits per heavy atom. The Morgan fingerprint density at radius 2 is 2.00 bits per heavy atom. The predicted molar refractivity (Wildman–Crippen MR) is 70.6 cm³/mol. The number of amides is 1. The number of hydrogen-bond donors (Lipinski definition) is 1. The summed E-state index contributed by atoms with van der Waals surface area (Å²) in [6.45, 7) is 4.71. The van der Waals surface area contributed by atoms with Gasteiger partial charge in [0.1, 0.15) is 0 Å². The molecule has 0 saturated heterocycles. The molecule has 1 heterocycles. The molecule has 0 aromatic carbocycles. The maximum Gasteiger partial charge on any atom is 0.257 e. The van der Waals surface area contributed by atoms with E-state index in [0.717, 1.165) is 30.7 Å². The van der Waals surface area contributed by atoms with Crippen molar-refractivity contribution in [3.8, 4) is 0 Å². The van der Waals surface area contributed by atoms with Gasteiger partial charge in [0, 0.05) is 32.9 Å². The summed E-state index contributed by atoms with van der Waals surface area (Å²) >= 11 is 0. The van der Waals surface area contributed by atoms with E-state index in [2.05, 4.69) is 5.10 Å². The molecule has 1 N–H and O–H groups in total. The summed E-state index contributed by atoms with van der Waals surface area (Å²) in [5.41, 5.74) is 2.39. The van der Waals surface area contributed by atoms with Crippen LogP contribution in [0.2, 0.25) is 0 Å². The van der Waals surface area contributed by atoms with E-state index in [9.17, 15) is 4.79 Å². The summed E-state index contributed by atoms with van der Waals surface area (Å²) in [4.78, 5) is 14.0. The van der Waals surface area contributed by atoms with Gasteiger partial charge in [-0.15, -0.1) is 0 Å². The Bertz CT molecular complexity index is 413. The van der Waals surface area contributed by atoms with Crippen molar-refractivity contribution in [3.63, 3.8) is 0 Å². The molecule has 1 aromatic heterocycles. The average molecular weight is 253 g/mol. The molecule has 0 bridgehead atoms. The van der Waals surface area contributed by atoms with Crippen LogP contribution in [0.5, 0.6) is 0 Å². The molecule has 5 nitrogen and oxygen atoms in total. The van der Waals surface area contributed by atoms with Crippen molar-refractivity contribution in [2.24, 2.45) is 7.05 Å². The van der Waals surface area contributed by atoms with Crippen LogP contribution in [0.4, 0.5) is 0 Å². The monoisotopic (exact) mass is 253 g/mol. The first-order valence-electron chi connectivity index (χ1n) is 6.35. The standard InChI is InChI=1S/C13H23N3O2/c1-10-12(11(2)16(4)14-10)13(18)15(3)8-6-5-7-9-17/h17H,5-9H2,1-4H3. The van der Waals surface area contributed by atoms with Gasteiger partial charge >= 0.3 is 0 Å². The lowest BCUT2D eigenvalue weighted by Crippen LogP contribution is -2.28. The molecule has 5 heteroatoms. The van der Waals surface area contributed by atoms with Crippen molar-refractivity contribution >= 4 is 5.91 Å². The second-order valence-electron chi connectivity index (χ2n) is 4.68. The minimum atomic E-state index is 0.0297. The van der Waals surface area contributed by atoms with Gasteiger partial charge in [-0.2, -0.15) is 5.10 Å². The van der Waals surface area contributed by atoms with Crippen LogP contribution in [0.3, 0.4) is 0 Å². The number of unbranched alkanes of at least 4 members (excludes halogenated alkanes) is 2. The van der Waals surface area contributed by atoms with Gasteiger partial charge in [0.2, 0.25) is 0 Å². The van der Waals surface area contributed by atoms with Crippen LogP contribution in [0.15, 0.2) is 0 Å². The Hall–Kier alpha value is -1.36. The number of rotatable bonds is 6. The van der Waals surface area contributed by atoms with Crippen molar-refractivity contribution in [3.05, 3.63) is 17.0 Å². The van der Waals surface area contributed by atoms with Crippen molar-refractivity contribution in [2.45, 2.75) is 33.1 Å². The van der Waals surface area contributed by atoms with Crippen LogP contribution < -0.4 is 0 Å². The van der Waals surface area contributed by atoms with Crippen LogP contribution in [0, 0.1) is 13.8 Å². The van der Waals surface area contributed by atoms with Crippen LogP contribution in [0.25, 0.3) is 0 Å². The molecule has 1 aromatic rings. The molecule has 0 aliphatic carbocycles. The second-order valence-corrected chi connectivity index (χ2v) is 4.68. The van der Waals surface area contributed by atoms with Gasteiger partial charge < -0.3 is 10.0 Å². The van der Waals surface area contributed by atoms with E-state index in [4.69, 9.17) is 5.11 Å². The zero-order valence-corrected chi connectivity index (χ0v) is 11.7. The second kappa shape index (κ2) is 6.54. The lowest BCUT2D eigenvalue weighted by Gasteiger charge is -2.17. The number of carbonyl (C=O) groups excluding carboxylic acids is 1. The van der Waals surface area contributed by atoms with E-state index in [-0.39, 0.29) is 12.5 Å². The molecular weight excluding hydrogens is 230 g/mol. The van der Waals surface area contributed by atoms with Gasteiger partial charge in [-0.25, -0.2) is 0 Å². The van der Waals surface area contributed by atoms with Crippen LogP contribution in [0.1, 0.15) is 41.0 Å². The minimum absolute atomic E-state index is 0.0297. The summed E-state index contributed by atoms with van der Waals surface area (Å²) < 4.78 is 1.74. The lowest BCUT2D eigenvalue weighted by atomic mass is 10.1. The van der Waals surface area contributed by atoms with Crippen molar-refractivity contribution < 1.29 is 9.90 Å². The number of aliphatic hydroxyl groups excluding tert-OH is 1. The Labute approximate surface area is 108 Å². The van der Waals surface area contributed by atoms with Gasteiger partial charge in [-0.05, 0) is 33.1 Å². The van der Waals surface area contributed by atoms with Crippen LogP contribution in [-0.2, 0) is 7.05 Å². The molecular formula is C13H23N3O2. The smallest absolute Gasteiger partial charge is 0.257 e. The highest BCUT2D eigenvalue weighted by molar-refractivity contribution is 5.96. The molecule has 0 unspecified atom stereocenters. The molecule has 0 saturated carbocycles. The van der Waals surface area contributed by atoms with Gasteiger partial charge in [-0.3, -0.25) is 9.48 Å². The van der Waals surface area contributed by atoms with Gasteiger partial charge in [0.15, 0.2) is 0 Å².